The Bertz CT molecular complexity index is 1010. The van der Waals surface area contributed by atoms with Gasteiger partial charge in [0.1, 0.15) is 11.4 Å². The lowest BCUT2D eigenvalue weighted by molar-refractivity contribution is 0.0526. The van der Waals surface area contributed by atoms with Gasteiger partial charge in [-0.2, -0.15) is 10.2 Å². The van der Waals surface area contributed by atoms with E-state index in [0.29, 0.717) is 18.2 Å². The molecule has 3 aromatic rings. The van der Waals surface area contributed by atoms with Crippen molar-refractivity contribution in [1.29, 1.82) is 0 Å². The van der Waals surface area contributed by atoms with Crippen LogP contribution >= 0.6 is 0 Å². The van der Waals surface area contributed by atoms with Crippen LogP contribution in [0.25, 0.3) is 11.0 Å². The van der Waals surface area contributed by atoms with Gasteiger partial charge in [-0.15, -0.1) is 5.10 Å². The summed E-state index contributed by atoms with van der Waals surface area (Å²) in [5, 5.41) is 16.9. The highest BCUT2D eigenvalue weighted by molar-refractivity contribution is 6.05. The Morgan fingerprint density at radius 1 is 1.34 bits per heavy atom. The van der Waals surface area contributed by atoms with Gasteiger partial charge >= 0.3 is 5.97 Å². The number of carbonyl (C=O) groups excluding carboxylic acids is 1. The van der Waals surface area contributed by atoms with E-state index in [4.69, 9.17) is 4.74 Å². The summed E-state index contributed by atoms with van der Waals surface area (Å²) in [7, 11) is 1.87. The average molecular weight is 395 g/mol. The number of hydrogen-bond donors (Lipinski definition) is 1. The molecule has 0 spiro atoms. The maximum absolute atomic E-state index is 12.6. The lowest BCUT2D eigenvalue weighted by Crippen LogP contribution is -2.40. The van der Waals surface area contributed by atoms with Crippen LogP contribution in [-0.4, -0.2) is 56.7 Å². The topological polar surface area (TPSA) is 98.1 Å². The van der Waals surface area contributed by atoms with Gasteiger partial charge in [0.05, 0.1) is 23.4 Å². The van der Waals surface area contributed by atoms with Crippen LogP contribution in [0.1, 0.15) is 35.8 Å². The number of anilines is 2. The molecule has 1 N–H and O–H groups in total. The first-order chi connectivity index (χ1) is 14.1. The molecule has 29 heavy (non-hydrogen) atoms. The van der Waals surface area contributed by atoms with Gasteiger partial charge in [0, 0.05) is 38.6 Å². The van der Waals surface area contributed by atoms with Crippen LogP contribution in [0.2, 0.25) is 0 Å². The SMILES string of the molecule is CCOC(=O)c1cnc2c(c(C)nn2C)c1N1CCC(Nc2cccnn2)CC1. The van der Waals surface area contributed by atoms with Crippen LogP contribution in [0.3, 0.4) is 0 Å². The van der Waals surface area contributed by atoms with E-state index in [9.17, 15) is 4.79 Å². The molecule has 1 saturated heterocycles. The van der Waals surface area contributed by atoms with Gasteiger partial charge in [-0.3, -0.25) is 4.68 Å². The Labute approximate surface area is 169 Å². The number of aromatic nitrogens is 5. The third-order valence-electron chi connectivity index (χ3n) is 5.23. The van der Waals surface area contributed by atoms with Crippen LogP contribution in [0, 0.1) is 6.92 Å². The Balaban J connectivity index is 1.63. The third kappa shape index (κ3) is 3.72. The molecule has 1 aliphatic rings. The largest absolute Gasteiger partial charge is 0.462 e. The van der Waals surface area contributed by atoms with Gasteiger partial charge in [-0.05, 0) is 38.8 Å². The maximum Gasteiger partial charge on any atom is 0.341 e. The number of esters is 1. The molecule has 1 fully saturated rings. The molecule has 0 aromatic carbocycles. The molecule has 9 heteroatoms. The highest BCUT2D eigenvalue weighted by Gasteiger charge is 2.28. The number of carbonyl (C=O) groups is 1. The molecule has 0 radical (unpaired) electrons. The summed E-state index contributed by atoms with van der Waals surface area (Å²) < 4.78 is 7.05. The summed E-state index contributed by atoms with van der Waals surface area (Å²) in [6.07, 6.45) is 5.11. The van der Waals surface area contributed by atoms with Crippen molar-refractivity contribution >= 4 is 28.5 Å². The van der Waals surface area contributed by atoms with Crippen molar-refractivity contribution in [3.8, 4) is 0 Å². The van der Waals surface area contributed by atoms with Gasteiger partial charge in [-0.25, -0.2) is 9.78 Å². The van der Waals surface area contributed by atoms with Crippen molar-refractivity contribution in [1.82, 2.24) is 25.0 Å². The second-order valence-electron chi connectivity index (χ2n) is 7.16. The van der Waals surface area contributed by atoms with Crippen LogP contribution in [0.4, 0.5) is 11.5 Å². The summed E-state index contributed by atoms with van der Waals surface area (Å²) in [6, 6.07) is 4.10. The Morgan fingerprint density at radius 2 is 2.14 bits per heavy atom. The monoisotopic (exact) mass is 395 g/mol. The summed E-state index contributed by atoms with van der Waals surface area (Å²) in [4.78, 5) is 19.4. The first-order valence-corrected chi connectivity index (χ1v) is 9.87. The Hall–Kier alpha value is -3.23. The highest BCUT2D eigenvalue weighted by atomic mass is 16.5. The predicted molar refractivity (Wildman–Crippen MR) is 110 cm³/mol. The zero-order valence-electron chi connectivity index (χ0n) is 16.9. The number of aryl methyl sites for hydroxylation is 2. The van der Waals surface area contributed by atoms with Gasteiger partial charge < -0.3 is 15.0 Å². The molecule has 1 aliphatic heterocycles. The van der Waals surface area contributed by atoms with Crippen LogP contribution in [0.15, 0.2) is 24.5 Å². The molecule has 9 nitrogen and oxygen atoms in total. The zero-order valence-corrected chi connectivity index (χ0v) is 16.9. The number of nitrogens with zero attached hydrogens (tertiary/aromatic N) is 6. The molecule has 0 aliphatic carbocycles. The summed E-state index contributed by atoms with van der Waals surface area (Å²) in [6.45, 7) is 5.69. The summed E-state index contributed by atoms with van der Waals surface area (Å²) in [5.41, 5.74) is 2.99. The average Bonchev–Trinajstić information content (AvgIpc) is 3.03. The molecule has 3 aromatic heterocycles. The molecule has 0 atom stereocenters. The molecule has 0 amide bonds. The minimum atomic E-state index is -0.347. The molecule has 0 bridgehead atoms. The second-order valence-corrected chi connectivity index (χ2v) is 7.16. The maximum atomic E-state index is 12.6. The van der Waals surface area contributed by atoms with E-state index >= 15 is 0 Å². The molecule has 0 saturated carbocycles. The van der Waals surface area contributed by atoms with Crippen molar-refractivity contribution in [2.45, 2.75) is 32.7 Å². The van der Waals surface area contributed by atoms with Crippen molar-refractivity contribution in [2.75, 3.05) is 29.9 Å². The summed E-state index contributed by atoms with van der Waals surface area (Å²) >= 11 is 0. The Kier molecular flexibility index (Phi) is 5.28. The van der Waals surface area contributed by atoms with E-state index in [1.54, 1.807) is 17.1 Å². The fraction of sp³-hybridized carbons (Fsp3) is 0.450. The van der Waals surface area contributed by atoms with Gasteiger partial charge in [-0.1, -0.05) is 0 Å². The van der Waals surface area contributed by atoms with Crippen LogP contribution in [-0.2, 0) is 11.8 Å². The first kappa shape index (κ1) is 19.1. The molecule has 4 heterocycles. The number of rotatable bonds is 5. The number of hydrogen-bond acceptors (Lipinski definition) is 8. The normalized spacial score (nSPS) is 14.9. The standard InChI is InChI=1S/C20H25N7O2/c1-4-29-20(28)15-12-21-19-17(13(2)25-26(19)3)18(15)27-10-7-14(8-11-27)23-16-6-5-9-22-24-16/h5-6,9,12,14H,4,7-8,10-11H2,1-3H3,(H,23,24). The molecule has 0 unspecified atom stereocenters. The lowest BCUT2D eigenvalue weighted by Gasteiger charge is -2.35. The van der Waals surface area contributed by atoms with Crippen LogP contribution in [0.5, 0.6) is 0 Å². The Morgan fingerprint density at radius 3 is 2.83 bits per heavy atom. The van der Waals surface area contributed by atoms with Gasteiger partial charge in [0.25, 0.3) is 0 Å². The molecular formula is C20H25N7O2. The third-order valence-corrected chi connectivity index (χ3v) is 5.23. The van der Waals surface area contributed by atoms with Crippen molar-refractivity contribution in [2.24, 2.45) is 7.05 Å². The number of ether oxygens (including phenoxy) is 1. The van der Waals surface area contributed by atoms with E-state index in [1.165, 1.54) is 0 Å². The minimum Gasteiger partial charge on any atom is -0.462 e. The number of fused-ring (bicyclic) bond motifs is 1. The van der Waals surface area contributed by atoms with E-state index in [-0.39, 0.29) is 5.97 Å². The first-order valence-electron chi connectivity index (χ1n) is 9.87. The molecule has 152 valence electrons. The van der Waals surface area contributed by atoms with Crippen LogP contribution < -0.4 is 10.2 Å². The quantitative estimate of drug-likeness (QED) is 0.657. The summed E-state index contributed by atoms with van der Waals surface area (Å²) in [5.74, 6) is 0.438. The molecule has 4 rings (SSSR count). The van der Waals surface area contributed by atoms with E-state index < -0.39 is 0 Å². The highest BCUT2D eigenvalue weighted by Crippen LogP contribution is 2.34. The second kappa shape index (κ2) is 8.02. The van der Waals surface area contributed by atoms with E-state index in [2.05, 4.69) is 30.5 Å². The van der Waals surface area contributed by atoms with Crippen molar-refractivity contribution < 1.29 is 9.53 Å². The number of piperidine rings is 1. The predicted octanol–water partition coefficient (Wildman–Crippen LogP) is 2.32. The molecular weight excluding hydrogens is 370 g/mol. The zero-order chi connectivity index (χ0) is 20.4. The smallest absolute Gasteiger partial charge is 0.341 e. The minimum absolute atomic E-state index is 0.307. The van der Waals surface area contributed by atoms with Crippen molar-refractivity contribution in [3.63, 3.8) is 0 Å². The number of pyridine rings is 1. The van der Waals surface area contributed by atoms with Gasteiger partial charge in [0.15, 0.2) is 5.65 Å². The van der Waals surface area contributed by atoms with E-state index in [1.807, 2.05) is 33.0 Å². The lowest BCUT2D eigenvalue weighted by atomic mass is 10.0. The van der Waals surface area contributed by atoms with Crippen molar-refractivity contribution in [3.05, 3.63) is 35.8 Å². The fourth-order valence-corrected chi connectivity index (χ4v) is 3.91. The van der Waals surface area contributed by atoms with Gasteiger partial charge in [0.2, 0.25) is 0 Å². The fourth-order valence-electron chi connectivity index (χ4n) is 3.91. The van der Waals surface area contributed by atoms with E-state index in [0.717, 1.165) is 54.2 Å². The number of nitrogens with one attached hydrogen (secondary N) is 1.